The maximum Gasteiger partial charge on any atom is 0.235 e. The predicted molar refractivity (Wildman–Crippen MR) is 86.0 cm³/mol. The summed E-state index contributed by atoms with van der Waals surface area (Å²) in [4.78, 5) is 14.4. The van der Waals surface area contributed by atoms with Gasteiger partial charge in [0.25, 0.3) is 0 Å². The molecule has 2 nitrogen and oxygen atoms in total. The van der Waals surface area contributed by atoms with E-state index in [9.17, 15) is 4.79 Å². The number of hydrogen-bond acceptors (Lipinski definition) is 3. The van der Waals surface area contributed by atoms with E-state index >= 15 is 0 Å². The summed E-state index contributed by atoms with van der Waals surface area (Å²) in [6.45, 7) is 6.06. The number of rotatable bonds is 3. The lowest BCUT2D eigenvalue weighted by atomic mass is 10.1. The van der Waals surface area contributed by atoms with Gasteiger partial charge in [0.05, 0.1) is 5.25 Å². The molecule has 1 aromatic rings. The Bertz CT molecular complexity index is 433. The summed E-state index contributed by atoms with van der Waals surface area (Å²) in [6, 6.07) is 10.1. The molecule has 1 aliphatic rings. The SMILES string of the molecule is CC1(C)CN(C(=O)C(S)Cc2ccccc2)CCS1. The Hall–Kier alpha value is -0.610. The number of carbonyl (C=O) groups is 1. The molecule has 0 bridgehead atoms. The van der Waals surface area contributed by atoms with Gasteiger partial charge in [-0.05, 0) is 25.8 Å². The van der Waals surface area contributed by atoms with Crippen LogP contribution in [0.25, 0.3) is 0 Å². The minimum Gasteiger partial charge on any atom is -0.340 e. The summed E-state index contributed by atoms with van der Waals surface area (Å²) in [5.74, 6) is 1.19. The van der Waals surface area contributed by atoms with Crippen LogP contribution >= 0.6 is 24.4 Å². The molecule has 4 heteroatoms. The monoisotopic (exact) mass is 295 g/mol. The lowest BCUT2D eigenvalue weighted by Crippen LogP contribution is -2.49. The number of amides is 1. The number of carbonyl (C=O) groups excluding carboxylic acids is 1. The normalized spacial score (nSPS) is 20.1. The van der Waals surface area contributed by atoms with Crippen LogP contribution in [0.4, 0.5) is 0 Å². The smallest absolute Gasteiger partial charge is 0.235 e. The zero-order chi connectivity index (χ0) is 13.9. The van der Waals surface area contributed by atoms with Crippen LogP contribution in [-0.2, 0) is 11.2 Å². The summed E-state index contributed by atoms with van der Waals surface area (Å²) in [6.07, 6.45) is 0.701. The van der Waals surface area contributed by atoms with Crippen LogP contribution < -0.4 is 0 Å². The highest BCUT2D eigenvalue weighted by Crippen LogP contribution is 2.30. The summed E-state index contributed by atoms with van der Waals surface area (Å²) in [5, 5.41) is -0.235. The largest absolute Gasteiger partial charge is 0.340 e. The van der Waals surface area contributed by atoms with Gasteiger partial charge >= 0.3 is 0 Å². The molecule has 1 heterocycles. The van der Waals surface area contributed by atoms with Crippen LogP contribution in [0.5, 0.6) is 0 Å². The Labute approximate surface area is 125 Å². The first-order valence-corrected chi connectivity index (χ1v) is 8.13. The second-order valence-electron chi connectivity index (χ2n) is 5.57. The van der Waals surface area contributed by atoms with Crippen molar-refractivity contribution in [1.29, 1.82) is 0 Å². The molecule has 0 N–H and O–H groups in total. The first-order valence-electron chi connectivity index (χ1n) is 6.63. The number of thiol groups is 1. The summed E-state index contributed by atoms with van der Waals surface area (Å²) >= 11 is 6.44. The van der Waals surface area contributed by atoms with Crippen LogP contribution in [0.2, 0.25) is 0 Å². The topological polar surface area (TPSA) is 20.3 Å². The van der Waals surface area contributed by atoms with E-state index in [0.29, 0.717) is 6.42 Å². The predicted octanol–water partition coefficient (Wildman–Crippen LogP) is 2.88. The number of hydrogen-bond donors (Lipinski definition) is 1. The molecule has 19 heavy (non-hydrogen) atoms. The molecule has 1 fully saturated rings. The lowest BCUT2D eigenvalue weighted by molar-refractivity contribution is -0.130. The van der Waals surface area contributed by atoms with Gasteiger partial charge in [-0.25, -0.2) is 0 Å². The molecule has 0 aromatic heterocycles. The second-order valence-corrected chi connectivity index (χ2v) is 8.00. The fourth-order valence-corrected chi connectivity index (χ4v) is 3.83. The molecule has 0 spiro atoms. The minimum absolute atomic E-state index is 0.161. The highest BCUT2D eigenvalue weighted by atomic mass is 32.2. The number of benzene rings is 1. The van der Waals surface area contributed by atoms with E-state index in [1.54, 1.807) is 0 Å². The quantitative estimate of drug-likeness (QED) is 0.865. The third-order valence-corrected chi connectivity index (χ3v) is 4.99. The van der Waals surface area contributed by atoms with Crippen molar-refractivity contribution in [2.45, 2.75) is 30.3 Å². The molecule has 0 radical (unpaired) electrons. The molecule has 0 saturated carbocycles. The first kappa shape index (κ1) is 14.8. The Morgan fingerprint density at radius 1 is 1.42 bits per heavy atom. The van der Waals surface area contributed by atoms with Gasteiger partial charge in [-0.15, -0.1) is 0 Å². The second kappa shape index (κ2) is 6.23. The first-order chi connectivity index (χ1) is 8.98. The molecule has 1 aromatic carbocycles. The van der Waals surface area contributed by atoms with E-state index in [4.69, 9.17) is 0 Å². The van der Waals surface area contributed by atoms with E-state index < -0.39 is 0 Å². The lowest BCUT2D eigenvalue weighted by Gasteiger charge is -2.38. The van der Waals surface area contributed by atoms with E-state index in [1.165, 1.54) is 5.56 Å². The molecule has 1 aliphatic heterocycles. The van der Waals surface area contributed by atoms with Crippen molar-refractivity contribution in [1.82, 2.24) is 4.90 Å². The molecule has 0 aliphatic carbocycles. The van der Waals surface area contributed by atoms with Gasteiger partial charge in [-0.3, -0.25) is 4.79 Å². The molecule has 1 atom stereocenters. The Morgan fingerprint density at radius 3 is 2.74 bits per heavy atom. The third-order valence-electron chi connectivity index (χ3n) is 3.29. The average Bonchev–Trinajstić information content (AvgIpc) is 2.38. The van der Waals surface area contributed by atoms with Crippen LogP contribution in [0.1, 0.15) is 19.4 Å². The van der Waals surface area contributed by atoms with Gasteiger partial charge in [-0.2, -0.15) is 24.4 Å². The van der Waals surface area contributed by atoms with Gasteiger partial charge in [0, 0.05) is 23.6 Å². The fourth-order valence-electron chi connectivity index (χ4n) is 2.34. The molecular weight excluding hydrogens is 274 g/mol. The Balaban J connectivity index is 1.95. The maximum absolute atomic E-state index is 12.4. The highest BCUT2D eigenvalue weighted by Gasteiger charge is 2.31. The van der Waals surface area contributed by atoms with E-state index in [1.807, 2.05) is 47.0 Å². The zero-order valence-electron chi connectivity index (χ0n) is 11.5. The van der Waals surface area contributed by atoms with Crippen molar-refractivity contribution in [2.75, 3.05) is 18.8 Å². The van der Waals surface area contributed by atoms with E-state index in [0.717, 1.165) is 18.8 Å². The molecule has 1 amide bonds. The van der Waals surface area contributed by atoms with Gasteiger partial charge in [-0.1, -0.05) is 30.3 Å². The number of thioether (sulfide) groups is 1. The van der Waals surface area contributed by atoms with Crippen molar-refractivity contribution in [3.05, 3.63) is 35.9 Å². The fraction of sp³-hybridized carbons (Fsp3) is 0.533. The number of nitrogens with zero attached hydrogens (tertiary/aromatic N) is 1. The highest BCUT2D eigenvalue weighted by molar-refractivity contribution is 8.00. The van der Waals surface area contributed by atoms with Crippen molar-refractivity contribution in [3.8, 4) is 0 Å². The molecule has 1 unspecified atom stereocenters. The van der Waals surface area contributed by atoms with Crippen molar-refractivity contribution in [3.63, 3.8) is 0 Å². The van der Waals surface area contributed by atoms with Crippen molar-refractivity contribution in [2.24, 2.45) is 0 Å². The molecule has 2 rings (SSSR count). The third kappa shape index (κ3) is 4.18. The van der Waals surface area contributed by atoms with Crippen LogP contribution in [-0.4, -0.2) is 39.6 Å². The summed E-state index contributed by atoms with van der Waals surface area (Å²) < 4.78 is 0.161. The van der Waals surface area contributed by atoms with Gasteiger partial charge < -0.3 is 4.90 Å². The molecular formula is C15H21NOS2. The van der Waals surface area contributed by atoms with E-state index in [-0.39, 0.29) is 15.9 Å². The van der Waals surface area contributed by atoms with Gasteiger partial charge in [0.2, 0.25) is 5.91 Å². The molecule has 104 valence electrons. The zero-order valence-corrected chi connectivity index (χ0v) is 13.2. The summed E-state index contributed by atoms with van der Waals surface area (Å²) in [5.41, 5.74) is 1.17. The Kier molecular flexibility index (Phi) is 4.85. The van der Waals surface area contributed by atoms with Crippen LogP contribution in [0.3, 0.4) is 0 Å². The van der Waals surface area contributed by atoms with Gasteiger partial charge in [0.1, 0.15) is 0 Å². The van der Waals surface area contributed by atoms with E-state index in [2.05, 4.69) is 26.5 Å². The summed E-state index contributed by atoms with van der Waals surface area (Å²) in [7, 11) is 0. The minimum atomic E-state index is -0.235. The van der Waals surface area contributed by atoms with Crippen molar-refractivity contribution >= 4 is 30.3 Å². The average molecular weight is 295 g/mol. The maximum atomic E-state index is 12.4. The molecule has 1 saturated heterocycles. The van der Waals surface area contributed by atoms with Crippen molar-refractivity contribution < 1.29 is 4.79 Å². The standard InChI is InChI=1S/C15H21NOS2/c1-15(2)11-16(8-9-19-15)14(17)13(18)10-12-6-4-3-5-7-12/h3-7,13,18H,8-11H2,1-2H3. The van der Waals surface area contributed by atoms with Crippen LogP contribution in [0, 0.1) is 0 Å². The Morgan fingerprint density at radius 2 is 2.11 bits per heavy atom. The van der Waals surface area contributed by atoms with Crippen LogP contribution in [0.15, 0.2) is 30.3 Å². The van der Waals surface area contributed by atoms with Gasteiger partial charge in [0.15, 0.2) is 0 Å².